The highest BCUT2D eigenvalue weighted by Crippen LogP contribution is 2.43. The smallest absolute Gasteiger partial charge is 0.315 e. The maximum Gasteiger partial charge on any atom is 0.315 e. The molecule has 2 unspecified atom stereocenters. The van der Waals surface area contributed by atoms with Crippen LogP contribution in [0, 0.1) is 0 Å². The van der Waals surface area contributed by atoms with Crippen molar-refractivity contribution in [2.45, 2.75) is 70.0 Å². The summed E-state index contributed by atoms with van der Waals surface area (Å²) in [6.45, 7) is 13.7. The van der Waals surface area contributed by atoms with Crippen molar-refractivity contribution in [3.63, 3.8) is 0 Å². The highest BCUT2D eigenvalue weighted by molar-refractivity contribution is 6.77. The quantitative estimate of drug-likeness (QED) is 0.288. The van der Waals surface area contributed by atoms with E-state index in [9.17, 15) is 9.59 Å². The number of aliphatic hydroxyl groups excluding tert-OH is 1. The number of carbonyl (C=O) groups excluding carboxylic acids is 2. The molecule has 0 fully saturated rings. The van der Waals surface area contributed by atoms with Crippen molar-refractivity contribution in [3.8, 4) is 0 Å². The maximum atomic E-state index is 12.3. The second-order valence-electron chi connectivity index (χ2n) is 9.78. The summed E-state index contributed by atoms with van der Waals surface area (Å²) in [6.07, 6.45) is 0. The van der Waals surface area contributed by atoms with E-state index in [0.29, 0.717) is 23.2 Å². The lowest BCUT2D eigenvalue weighted by Gasteiger charge is -2.42. The molecular formula is C29H44O6Si. The van der Waals surface area contributed by atoms with Gasteiger partial charge in [0.1, 0.15) is 11.8 Å². The van der Waals surface area contributed by atoms with E-state index in [4.69, 9.17) is 14.3 Å². The summed E-state index contributed by atoms with van der Waals surface area (Å²) in [5.41, 5.74) is 3.22. The largest absolute Gasteiger partial charge is 0.468 e. The molecule has 6 nitrogen and oxygen atoms in total. The Kier molecular flexibility index (Phi) is 13.7. The summed E-state index contributed by atoms with van der Waals surface area (Å²) in [5.74, 6) is -1.56. The molecule has 0 heterocycles. The van der Waals surface area contributed by atoms with Crippen LogP contribution in [0.1, 0.15) is 64.5 Å². The second kappa shape index (κ2) is 15.6. The molecule has 2 atom stereocenters. The summed E-state index contributed by atoms with van der Waals surface area (Å²) < 4.78 is 16.2. The van der Waals surface area contributed by atoms with Gasteiger partial charge in [0, 0.05) is 0 Å². The normalized spacial score (nSPS) is 13.1. The van der Waals surface area contributed by atoms with Crippen molar-refractivity contribution >= 4 is 20.3 Å². The van der Waals surface area contributed by atoms with E-state index < -0.39 is 20.2 Å². The average Bonchev–Trinajstić information content (AvgIpc) is 2.87. The van der Waals surface area contributed by atoms with E-state index in [-0.39, 0.29) is 18.5 Å². The average molecular weight is 517 g/mol. The Morgan fingerprint density at radius 2 is 1.06 bits per heavy atom. The monoisotopic (exact) mass is 516 g/mol. The number of benzene rings is 2. The molecule has 0 aromatic heterocycles. The third-order valence-corrected chi connectivity index (χ3v) is 12.8. The van der Waals surface area contributed by atoms with E-state index in [1.807, 2.05) is 48.5 Å². The molecule has 0 bridgehead atoms. The van der Waals surface area contributed by atoms with E-state index in [1.54, 1.807) is 12.1 Å². The van der Waals surface area contributed by atoms with Gasteiger partial charge in [-0.3, -0.25) is 9.59 Å². The van der Waals surface area contributed by atoms with Gasteiger partial charge in [0.05, 0.1) is 27.4 Å². The van der Waals surface area contributed by atoms with E-state index in [1.165, 1.54) is 14.2 Å². The molecule has 0 amide bonds. The molecule has 200 valence electrons. The number of hydrogen-bond acceptors (Lipinski definition) is 6. The number of hydrogen-bond donors (Lipinski definition) is 1. The number of ether oxygens (including phenoxy) is 2. The Bertz CT molecular complexity index is 877. The minimum absolute atomic E-state index is 0.226. The first kappa shape index (κ1) is 31.5. The lowest BCUT2D eigenvalue weighted by molar-refractivity contribution is -0.144. The highest BCUT2D eigenvalue weighted by atomic mass is 28.4. The van der Waals surface area contributed by atoms with Crippen LogP contribution in [0.5, 0.6) is 0 Å². The first-order valence-electron chi connectivity index (χ1n) is 12.6. The molecule has 0 saturated heterocycles. The molecule has 0 aliphatic rings. The summed E-state index contributed by atoms with van der Waals surface area (Å²) in [7, 11) is 0.765. The molecule has 7 heteroatoms. The van der Waals surface area contributed by atoms with Crippen LogP contribution in [0.25, 0.3) is 0 Å². The molecule has 0 spiro atoms. The van der Waals surface area contributed by atoms with Gasteiger partial charge in [-0.2, -0.15) is 0 Å². The van der Waals surface area contributed by atoms with Gasteiger partial charge in [-0.25, -0.2) is 0 Å². The number of esters is 2. The van der Waals surface area contributed by atoms with Crippen LogP contribution >= 0.6 is 0 Å². The van der Waals surface area contributed by atoms with Crippen molar-refractivity contribution in [3.05, 3.63) is 71.8 Å². The maximum absolute atomic E-state index is 12.3. The molecule has 0 aliphatic heterocycles. The molecule has 2 aromatic carbocycles. The summed E-state index contributed by atoms with van der Waals surface area (Å²) in [5, 5.41) is 8.98. The fourth-order valence-corrected chi connectivity index (χ4v) is 10.5. The van der Waals surface area contributed by atoms with Gasteiger partial charge in [-0.05, 0) is 27.8 Å². The summed E-state index contributed by atoms with van der Waals surface area (Å²) in [6, 6.07) is 18.9. The number of aliphatic hydroxyl groups is 1. The number of carbonyl (C=O) groups is 2. The number of rotatable bonds is 11. The van der Waals surface area contributed by atoms with Crippen LogP contribution in [-0.2, 0) is 23.5 Å². The van der Waals surface area contributed by atoms with Crippen LogP contribution in [0.4, 0.5) is 0 Å². The predicted octanol–water partition coefficient (Wildman–Crippen LogP) is 6.07. The molecule has 1 N–H and O–H groups in total. The lowest BCUT2D eigenvalue weighted by atomic mass is 10.0. The second-order valence-corrected chi connectivity index (χ2v) is 15.2. The van der Waals surface area contributed by atoms with Crippen LogP contribution in [-0.4, -0.2) is 52.8 Å². The topological polar surface area (TPSA) is 82.1 Å². The summed E-state index contributed by atoms with van der Waals surface area (Å²) >= 11 is 0. The lowest BCUT2D eigenvalue weighted by Crippen LogP contribution is -2.48. The predicted molar refractivity (Wildman–Crippen MR) is 146 cm³/mol. The fourth-order valence-electron chi connectivity index (χ4n) is 5.00. The first-order valence-corrected chi connectivity index (χ1v) is 14.7. The Labute approximate surface area is 218 Å². The van der Waals surface area contributed by atoms with Gasteiger partial charge in [-0.1, -0.05) is 102 Å². The van der Waals surface area contributed by atoms with Crippen molar-refractivity contribution in [1.82, 2.24) is 0 Å². The Balaban J connectivity index is 0.000000420. The van der Waals surface area contributed by atoms with E-state index in [2.05, 4.69) is 46.3 Å². The van der Waals surface area contributed by atoms with Crippen molar-refractivity contribution in [2.75, 3.05) is 27.4 Å². The fraction of sp³-hybridized carbons (Fsp3) is 0.517. The molecular weight excluding hydrogens is 472 g/mol. The van der Waals surface area contributed by atoms with Crippen LogP contribution < -0.4 is 0 Å². The molecule has 0 radical (unpaired) electrons. The van der Waals surface area contributed by atoms with Crippen LogP contribution in [0.3, 0.4) is 0 Å². The zero-order valence-electron chi connectivity index (χ0n) is 23.1. The van der Waals surface area contributed by atoms with Crippen molar-refractivity contribution in [1.29, 1.82) is 0 Å². The third-order valence-electron chi connectivity index (χ3n) is 6.76. The van der Waals surface area contributed by atoms with Gasteiger partial charge >= 0.3 is 11.9 Å². The minimum Gasteiger partial charge on any atom is -0.468 e. The van der Waals surface area contributed by atoms with E-state index in [0.717, 1.165) is 11.1 Å². The molecule has 0 aliphatic carbocycles. The summed E-state index contributed by atoms with van der Waals surface area (Å²) in [4.78, 5) is 23.4. The van der Waals surface area contributed by atoms with Gasteiger partial charge in [0.2, 0.25) is 0 Å². The van der Waals surface area contributed by atoms with E-state index >= 15 is 0 Å². The molecule has 2 aromatic rings. The molecule has 2 rings (SSSR count). The van der Waals surface area contributed by atoms with Crippen LogP contribution in [0.2, 0.25) is 16.6 Å². The Morgan fingerprint density at radius 3 is 1.39 bits per heavy atom. The zero-order valence-corrected chi connectivity index (χ0v) is 24.1. The zero-order chi connectivity index (χ0) is 27.3. The molecule has 0 saturated carbocycles. The SMILES string of the molecule is COC(=O)C(CO)c1ccccc1.COC(=O)C(CO[Si](C(C)C)(C(C)C)C(C)C)c1ccccc1. The van der Waals surface area contributed by atoms with Crippen LogP contribution in [0.15, 0.2) is 60.7 Å². The van der Waals surface area contributed by atoms with Crippen molar-refractivity contribution in [2.24, 2.45) is 0 Å². The number of methoxy groups -OCH3 is 2. The highest BCUT2D eigenvalue weighted by Gasteiger charge is 2.45. The molecule has 36 heavy (non-hydrogen) atoms. The minimum atomic E-state index is -1.99. The van der Waals surface area contributed by atoms with Gasteiger partial charge in [-0.15, -0.1) is 0 Å². The first-order chi connectivity index (χ1) is 17.1. The Morgan fingerprint density at radius 1 is 0.694 bits per heavy atom. The standard InChI is InChI=1S/C19H32O3Si.C10H12O3/c1-14(2)23(15(3)4,16(5)6)22-13-18(19(20)21-7)17-11-9-8-10-12-17;1-13-10(12)9(7-11)8-5-3-2-4-6-8/h8-12,14-16,18H,13H2,1-7H3;2-6,9,11H,7H2,1H3. The van der Waals surface area contributed by atoms with Crippen molar-refractivity contribution < 1.29 is 28.6 Å². The van der Waals surface area contributed by atoms with Gasteiger partial charge < -0.3 is 19.0 Å². The van der Waals surface area contributed by atoms with Gasteiger partial charge in [0.15, 0.2) is 8.32 Å². The Hall–Kier alpha value is -2.48. The third kappa shape index (κ3) is 8.29. The van der Waals surface area contributed by atoms with Gasteiger partial charge in [0.25, 0.3) is 0 Å².